The average molecular weight is 224 g/mol. The van der Waals surface area contributed by atoms with Crippen molar-refractivity contribution in [1.82, 2.24) is 4.90 Å². The van der Waals surface area contributed by atoms with E-state index in [0.717, 1.165) is 18.4 Å². The molecular formula is C14H28N2. The Kier molecular flexibility index (Phi) is 4.66. The molecule has 1 atom stereocenters. The minimum Gasteiger partial charge on any atom is -0.329 e. The van der Waals surface area contributed by atoms with Crippen molar-refractivity contribution in [3.63, 3.8) is 0 Å². The van der Waals surface area contributed by atoms with Crippen LogP contribution >= 0.6 is 0 Å². The average Bonchev–Trinajstić information content (AvgIpc) is 3.14. The molecule has 2 heteroatoms. The van der Waals surface area contributed by atoms with E-state index in [2.05, 4.69) is 11.8 Å². The molecule has 2 aliphatic carbocycles. The lowest BCUT2D eigenvalue weighted by Crippen LogP contribution is -2.47. The van der Waals surface area contributed by atoms with E-state index in [1.807, 2.05) is 0 Å². The lowest BCUT2D eigenvalue weighted by atomic mass is 9.83. The fourth-order valence-corrected chi connectivity index (χ4v) is 3.29. The Morgan fingerprint density at radius 1 is 1.12 bits per heavy atom. The number of hydrogen-bond acceptors (Lipinski definition) is 2. The molecule has 2 fully saturated rings. The molecule has 0 aliphatic heterocycles. The first-order chi connectivity index (χ1) is 7.85. The Labute approximate surface area is 101 Å². The minimum atomic E-state index is 0.672. The summed E-state index contributed by atoms with van der Waals surface area (Å²) in [5, 5.41) is 0. The van der Waals surface area contributed by atoms with E-state index in [-0.39, 0.29) is 0 Å². The maximum absolute atomic E-state index is 6.03. The van der Waals surface area contributed by atoms with Crippen molar-refractivity contribution < 1.29 is 0 Å². The van der Waals surface area contributed by atoms with Gasteiger partial charge in [0.25, 0.3) is 0 Å². The number of rotatable bonds is 6. The van der Waals surface area contributed by atoms with Gasteiger partial charge in [-0.25, -0.2) is 0 Å². The van der Waals surface area contributed by atoms with Crippen LogP contribution < -0.4 is 5.73 Å². The van der Waals surface area contributed by atoms with E-state index in [1.54, 1.807) is 0 Å². The molecule has 2 rings (SSSR count). The van der Waals surface area contributed by atoms with Gasteiger partial charge in [0.05, 0.1) is 0 Å². The number of likely N-dealkylation sites (N-methyl/N-ethyl adjacent to an activating group) is 1. The second-order valence-electron chi connectivity index (χ2n) is 5.73. The highest BCUT2D eigenvalue weighted by Gasteiger charge is 2.31. The van der Waals surface area contributed by atoms with Crippen LogP contribution in [0, 0.1) is 11.8 Å². The van der Waals surface area contributed by atoms with Crippen molar-refractivity contribution in [2.45, 2.75) is 57.9 Å². The van der Waals surface area contributed by atoms with Crippen LogP contribution in [0.15, 0.2) is 0 Å². The molecule has 0 aromatic heterocycles. The van der Waals surface area contributed by atoms with Gasteiger partial charge in [0, 0.05) is 19.1 Å². The third-order valence-electron chi connectivity index (χ3n) is 4.50. The van der Waals surface area contributed by atoms with Crippen LogP contribution in [0.2, 0.25) is 0 Å². The van der Waals surface area contributed by atoms with Crippen LogP contribution in [0.4, 0.5) is 0 Å². The Hall–Kier alpha value is -0.0800. The van der Waals surface area contributed by atoms with Gasteiger partial charge in [-0.2, -0.15) is 0 Å². The van der Waals surface area contributed by atoms with Gasteiger partial charge in [-0.15, -0.1) is 0 Å². The van der Waals surface area contributed by atoms with Crippen LogP contribution in [0.25, 0.3) is 0 Å². The van der Waals surface area contributed by atoms with Gasteiger partial charge in [0.15, 0.2) is 0 Å². The highest BCUT2D eigenvalue weighted by atomic mass is 15.2. The van der Waals surface area contributed by atoms with Crippen LogP contribution in [-0.4, -0.2) is 30.6 Å². The van der Waals surface area contributed by atoms with Crippen LogP contribution in [0.1, 0.15) is 51.9 Å². The third-order valence-corrected chi connectivity index (χ3v) is 4.50. The van der Waals surface area contributed by atoms with E-state index < -0.39 is 0 Å². The predicted octanol–water partition coefficient (Wildman–Crippen LogP) is 2.63. The van der Waals surface area contributed by atoms with E-state index >= 15 is 0 Å². The summed E-state index contributed by atoms with van der Waals surface area (Å²) in [4.78, 5) is 2.67. The van der Waals surface area contributed by atoms with Gasteiger partial charge in [-0.05, 0) is 44.1 Å². The number of hydrogen-bond donors (Lipinski definition) is 1. The van der Waals surface area contributed by atoms with Crippen LogP contribution in [0.5, 0.6) is 0 Å². The third kappa shape index (κ3) is 3.21. The second kappa shape index (κ2) is 6.02. The summed E-state index contributed by atoms with van der Waals surface area (Å²) in [5.41, 5.74) is 6.03. The van der Waals surface area contributed by atoms with Crippen molar-refractivity contribution in [3.05, 3.63) is 0 Å². The summed E-state index contributed by atoms with van der Waals surface area (Å²) in [6.45, 7) is 5.67. The summed E-state index contributed by atoms with van der Waals surface area (Å²) in [6.07, 6.45) is 10.1. The monoisotopic (exact) mass is 224 g/mol. The van der Waals surface area contributed by atoms with E-state index in [0.29, 0.717) is 6.04 Å². The highest BCUT2D eigenvalue weighted by molar-refractivity contribution is 4.86. The standard InChI is InChI=1S/C14H28N2/c1-2-16(11-12-8-9-12)14(10-15)13-6-4-3-5-7-13/h12-14H,2-11,15H2,1H3. The second-order valence-corrected chi connectivity index (χ2v) is 5.73. The summed E-state index contributed by atoms with van der Waals surface area (Å²) < 4.78 is 0. The molecule has 1 unspecified atom stereocenters. The zero-order valence-electron chi connectivity index (χ0n) is 10.8. The number of nitrogens with two attached hydrogens (primary N) is 1. The van der Waals surface area contributed by atoms with Gasteiger partial charge in [-0.3, -0.25) is 4.90 Å². The molecule has 94 valence electrons. The fourth-order valence-electron chi connectivity index (χ4n) is 3.29. The molecule has 0 spiro atoms. The van der Waals surface area contributed by atoms with Crippen LogP contribution in [0.3, 0.4) is 0 Å². The first kappa shape index (κ1) is 12.4. The smallest absolute Gasteiger partial charge is 0.0246 e. The Morgan fingerprint density at radius 2 is 1.81 bits per heavy atom. The largest absolute Gasteiger partial charge is 0.329 e. The highest BCUT2D eigenvalue weighted by Crippen LogP contribution is 2.33. The van der Waals surface area contributed by atoms with Crippen molar-refractivity contribution in [1.29, 1.82) is 0 Å². The lowest BCUT2D eigenvalue weighted by Gasteiger charge is -2.37. The minimum absolute atomic E-state index is 0.672. The summed E-state index contributed by atoms with van der Waals surface area (Å²) >= 11 is 0. The molecule has 0 amide bonds. The van der Waals surface area contributed by atoms with E-state index in [1.165, 1.54) is 58.0 Å². The Morgan fingerprint density at radius 3 is 2.31 bits per heavy atom. The summed E-state index contributed by atoms with van der Waals surface area (Å²) in [7, 11) is 0. The van der Waals surface area contributed by atoms with Crippen molar-refractivity contribution >= 4 is 0 Å². The summed E-state index contributed by atoms with van der Waals surface area (Å²) in [5.74, 6) is 1.88. The predicted molar refractivity (Wildman–Crippen MR) is 69.4 cm³/mol. The van der Waals surface area contributed by atoms with Gasteiger partial charge in [0.2, 0.25) is 0 Å². The van der Waals surface area contributed by atoms with E-state index in [4.69, 9.17) is 5.73 Å². The van der Waals surface area contributed by atoms with Crippen LogP contribution in [-0.2, 0) is 0 Å². The van der Waals surface area contributed by atoms with Gasteiger partial charge >= 0.3 is 0 Å². The van der Waals surface area contributed by atoms with Crippen molar-refractivity contribution in [2.75, 3.05) is 19.6 Å². The van der Waals surface area contributed by atoms with Crippen molar-refractivity contribution in [3.8, 4) is 0 Å². The molecule has 0 aromatic carbocycles. The SMILES string of the molecule is CCN(CC1CC1)C(CN)C1CCCCC1. The topological polar surface area (TPSA) is 29.3 Å². The quantitative estimate of drug-likeness (QED) is 0.751. The molecule has 0 bridgehead atoms. The van der Waals surface area contributed by atoms with Gasteiger partial charge < -0.3 is 5.73 Å². The fraction of sp³-hybridized carbons (Fsp3) is 1.00. The zero-order chi connectivity index (χ0) is 11.4. The lowest BCUT2D eigenvalue weighted by molar-refractivity contribution is 0.122. The first-order valence-electron chi connectivity index (χ1n) is 7.29. The van der Waals surface area contributed by atoms with Gasteiger partial charge in [-0.1, -0.05) is 26.2 Å². The first-order valence-corrected chi connectivity index (χ1v) is 7.29. The maximum atomic E-state index is 6.03. The van der Waals surface area contributed by atoms with Gasteiger partial charge in [0.1, 0.15) is 0 Å². The molecule has 2 N–H and O–H groups in total. The molecule has 16 heavy (non-hydrogen) atoms. The molecule has 0 radical (unpaired) electrons. The Balaban J connectivity index is 1.88. The molecule has 2 aliphatic rings. The maximum Gasteiger partial charge on any atom is 0.0246 e. The molecule has 0 heterocycles. The summed E-state index contributed by atoms with van der Waals surface area (Å²) in [6, 6.07) is 0.672. The molecule has 0 saturated heterocycles. The molecule has 0 aromatic rings. The van der Waals surface area contributed by atoms with Crippen molar-refractivity contribution in [2.24, 2.45) is 17.6 Å². The number of nitrogens with zero attached hydrogens (tertiary/aromatic N) is 1. The Bertz CT molecular complexity index is 195. The zero-order valence-corrected chi connectivity index (χ0v) is 10.8. The normalized spacial score (nSPS) is 24.9. The molecule has 2 saturated carbocycles. The molecule has 2 nitrogen and oxygen atoms in total. The van der Waals surface area contributed by atoms with E-state index in [9.17, 15) is 0 Å². The molecular weight excluding hydrogens is 196 g/mol.